The molecule has 2 heterocycles. The number of aromatic nitrogens is 1. The topological polar surface area (TPSA) is 31.4 Å². The Labute approximate surface area is 135 Å². The molecule has 0 aliphatic heterocycles. The Bertz CT molecular complexity index is 569. The van der Waals surface area contributed by atoms with Crippen LogP contribution in [0.2, 0.25) is 0 Å². The molecule has 0 radical (unpaired) electrons. The summed E-state index contributed by atoms with van der Waals surface area (Å²) in [6.45, 7) is 10.3. The van der Waals surface area contributed by atoms with Crippen LogP contribution in [0.3, 0.4) is 0 Å². The average molecular weight is 325 g/mol. The van der Waals surface area contributed by atoms with Crippen molar-refractivity contribution in [1.29, 1.82) is 0 Å². The molecule has 0 amide bonds. The highest BCUT2D eigenvalue weighted by Gasteiger charge is 2.14. The van der Waals surface area contributed by atoms with Crippen LogP contribution >= 0.6 is 22.7 Å². The third-order valence-electron chi connectivity index (χ3n) is 2.75. The Morgan fingerprint density at radius 3 is 2.62 bits per heavy atom. The molecule has 0 saturated heterocycles. The number of thiophene rings is 1. The van der Waals surface area contributed by atoms with E-state index in [9.17, 15) is 0 Å². The van der Waals surface area contributed by atoms with Gasteiger partial charge in [-0.05, 0) is 47.1 Å². The van der Waals surface area contributed by atoms with Gasteiger partial charge in [-0.25, -0.2) is 4.98 Å². The predicted octanol–water partition coefficient (Wildman–Crippen LogP) is 5.09. The minimum Gasteiger partial charge on any atom is -0.490 e. The van der Waals surface area contributed by atoms with E-state index in [0.717, 1.165) is 29.5 Å². The molecule has 0 aliphatic carbocycles. The van der Waals surface area contributed by atoms with Crippen molar-refractivity contribution in [1.82, 2.24) is 4.98 Å². The van der Waals surface area contributed by atoms with Crippen LogP contribution in [0, 0.1) is 6.92 Å². The van der Waals surface area contributed by atoms with Crippen molar-refractivity contribution < 1.29 is 9.47 Å². The number of rotatable bonds is 6. The van der Waals surface area contributed by atoms with Gasteiger partial charge in [0.2, 0.25) is 5.88 Å². The molecule has 2 aromatic rings. The lowest BCUT2D eigenvalue weighted by atomic mass is 10.2. The van der Waals surface area contributed by atoms with Crippen molar-refractivity contribution in [3.8, 4) is 11.6 Å². The van der Waals surface area contributed by atoms with E-state index in [0.29, 0.717) is 0 Å². The van der Waals surface area contributed by atoms with Gasteiger partial charge in [-0.1, -0.05) is 0 Å². The molecule has 0 bridgehead atoms. The summed E-state index contributed by atoms with van der Waals surface area (Å²) in [5, 5.41) is 5.14. The zero-order valence-corrected chi connectivity index (χ0v) is 14.9. The lowest BCUT2D eigenvalue weighted by molar-refractivity contribution is 0.125. The second-order valence-electron chi connectivity index (χ2n) is 6.15. The van der Waals surface area contributed by atoms with Gasteiger partial charge in [-0.2, -0.15) is 0 Å². The highest BCUT2D eigenvalue weighted by atomic mass is 32.1. The predicted molar refractivity (Wildman–Crippen MR) is 90.0 cm³/mol. The molecule has 0 N–H and O–H groups in total. The van der Waals surface area contributed by atoms with Crippen molar-refractivity contribution in [2.75, 3.05) is 0 Å². The van der Waals surface area contributed by atoms with Gasteiger partial charge in [0.05, 0.1) is 16.5 Å². The largest absolute Gasteiger partial charge is 0.490 e. The molecule has 0 aromatic carbocycles. The van der Waals surface area contributed by atoms with Crippen molar-refractivity contribution in [2.45, 2.75) is 59.2 Å². The van der Waals surface area contributed by atoms with Gasteiger partial charge >= 0.3 is 0 Å². The minimum absolute atomic E-state index is 0.190. The van der Waals surface area contributed by atoms with E-state index >= 15 is 0 Å². The molecule has 2 aromatic heterocycles. The second kappa shape index (κ2) is 6.79. The van der Waals surface area contributed by atoms with Crippen molar-refractivity contribution in [3.05, 3.63) is 26.7 Å². The van der Waals surface area contributed by atoms with Gasteiger partial charge < -0.3 is 9.47 Å². The zero-order chi connectivity index (χ0) is 15.5. The molecule has 21 heavy (non-hydrogen) atoms. The Balaban J connectivity index is 1.80. The van der Waals surface area contributed by atoms with E-state index in [2.05, 4.69) is 30.3 Å². The van der Waals surface area contributed by atoms with Crippen molar-refractivity contribution >= 4 is 22.7 Å². The van der Waals surface area contributed by atoms with Gasteiger partial charge in [-0.15, -0.1) is 22.7 Å². The van der Waals surface area contributed by atoms with Crippen LogP contribution in [-0.4, -0.2) is 16.7 Å². The molecular formula is C16H23NO2S2. The summed E-state index contributed by atoms with van der Waals surface area (Å²) in [6, 6.07) is 2.08. The third-order valence-corrected chi connectivity index (χ3v) is 4.48. The minimum atomic E-state index is -0.196. The van der Waals surface area contributed by atoms with Crippen LogP contribution < -0.4 is 9.47 Å². The van der Waals surface area contributed by atoms with Crippen LogP contribution in [-0.2, 0) is 6.42 Å². The first kappa shape index (κ1) is 16.3. The summed E-state index contributed by atoms with van der Waals surface area (Å²) in [5.41, 5.74) is -0.196. The monoisotopic (exact) mass is 325 g/mol. The maximum absolute atomic E-state index is 5.90. The first-order chi connectivity index (χ1) is 9.82. The molecule has 0 aliphatic rings. The number of hydrogen-bond donors (Lipinski definition) is 0. The Morgan fingerprint density at radius 2 is 2.00 bits per heavy atom. The van der Waals surface area contributed by atoms with E-state index < -0.39 is 0 Å². The van der Waals surface area contributed by atoms with Crippen LogP contribution in [0.15, 0.2) is 16.8 Å². The number of nitrogens with zero attached hydrogens (tertiary/aromatic N) is 1. The molecule has 2 rings (SSSR count). The lowest BCUT2D eigenvalue weighted by Gasteiger charge is -2.18. The molecular weight excluding hydrogens is 302 g/mol. The fraction of sp³-hybridized carbons (Fsp3) is 0.562. The zero-order valence-electron chi connectivity index (χ0n) is 13.3. The van der Waals surface area contributed by atoms with Crippen LogP contribution in [0.25, 0.3) is 0 Å². The third kappa shape index (κ3) is 5.67. The molecule has 1 unspecified atom stereocenters. The van der Waals surface area contributed by atoms with E-state index in [4.69, 9.17) is 9.47 Å². The first-order valence-electron chi connectivity index (χ1n) is 7.17. The quantitative estimate of drug-likeness (QED) is 0.741. The Morgan fingerprint density at radius 1 is 1.24 bits per heavy atom. The number of thiazole rings is 1. The van der Waals surface area contributed by atoms with E-state index in [1.165, 1.54) is 4.88 Å². The Hall–Kier alpha value is -1.07. The summed E-state index contributed by atoms with van der Waals surface area (Å²) in [4.78, 5) is 5.80. The summed E-state index contributed by atoms with van der Waals surface area (Å²) in [6.07, 6.45) is 2.06. The average Bonchev–Trinajstić information content (AvgIpc) is 2.94. The van der Waals surface area contributed by atoms with Crippen molar-refractivity contribution in [3.63, 3.8) is 0 Å². The van der Waals surface area contributed by atoms with Gasteiger partial charge in [-0.3, -0.25) is 0 Å². The number of aryl methyl sites for hydroxylation is 2. The maximum Gasteiger partial charge on any atom is 0.225 e. The van der Waals surface area contributed by atoms with Gasteiger partial charge in [0.1, 0.15) is 11.4 Å². The summed E-state index contributed by atoms with van der Waals surface area (Å²) in [7, 11) is 0. The molecule has 0 fully saturated rings. The number of ether oxygens (including phenoxy) is 2. The van der Waals surface area contributed by atoms with Gasteiger partial charge in [0.15, 0.2) is 0 Å². The molecule has 3 nitrogen and oxygen atoms in total. The Kier molecular flexibility index (Phi) is 5.27. The lowest BCUT2D eigenvalue weighted by Crippen LogP contribution is -2.23. The van der Waals surface area contributed by atoms with E-state index in [-0.39, 0.29) is 11.7 Å². The molecule has 1 atom stereocenters. The SMILES string of the molecule is Cc1cc(OC(C)CCc2nc(OC(C)(C)C)cs2)cs1. The summed E-state index contributed by atoms with van der Waals surface area (Å²) >= 11 is 3.37. The normalized spacial score (nSPS) is 13.2. The van der Waals surface area contributed by atoms with Gasteiger partial charge in [0, 0.05) is 16.7 Å². The summed E-state index contributed by atoms with van der Waals surface area (Å²) < 4.78 is 11.7. The fourth-order valence-corrected chi connectivity index (χ4v) is 3.19. The highest BCUT2D eigenvalue weighted by Crippen LogP contribution is 2.24. The van der Waals surface area contributed by atoms with Crippen LogP contribution in [0.4, 0.5) is 0 Å². The van der Waals surface area contributed by atoms with Crippen molar-refractivity contribution in [2.24, 2.45) is 0 Å². The van der Waals surface area contributed by atoms with E-state index in [1.807, 2.05) is 26.2 Å². The van der Waals surface area contributed by atoms with Gasteiger partial charge in [0.25, 0.3) is 0 Å². The molecule has 5 heteroatoms. The number of hydrogen-bond acceptors (Lipinski definition) is 5. The standard InChI is InChI=1S/C16H23NO2S2/c1-11(18-13-8-12(2)20-9-13)6-7-15-17-14(10-21-15)19-16(3,4)5/h8-11H,6-7H2,1-5H3. The van der Waals surface area contributed by atoms with E-state index in [1.54, 1.807) is 22.7 Å². The smallest absolute Gasteiger partial charge is 0.225 e. The maximum atomic E-state index is 5.90. The summed E-state index contributed by atoms with van der Waals surface area (Å²) in [5.74, 6) is 1.70. The first-order valence-corrected chi connectivity index (χ1v) is 8.93. The molecule has 0 spiro atoms. The molecule has 0 saturated carbocycles. The van der Waals surface area contributed by atoms with Crippen LogP contribution in [0.1, 0.15) is 44.0 Å². The highest BCUT2D eigenvalue weighted by molar-refractivity contribution is 7.10. The molecule has 116 valence electrons. The van der Waals surface area contributed by atoms with Crippen LogP contribution in [0.5, 0.6) is 11.6 Å². The fourth-order valence-electron chi connectivity index (χ4n) is 1.87. The second-order valence-corrected chi connectivity index (χ2v) is 8.21.